The monoisotopic (exact) mass is 239 g/mol. The van der Waals surface area contributed by atoms with Crippen molar-refractivity contribution in [2.45, 2.75) is 19.8 Å². The van der Waals surface area contributed by atoms with E-state index in [1.807, 2.05) is 0 Å². The van der Waals surface area contributed by atoms with Crippen LogP contribution in [0, 0.1) is 5.92 Å². The van der Waals surface area contributed by atoms with Crippen LogP contribution in [0.15, 0.2) is 11.4 Å². The maximum absolute atomic E-state index is 11.5. The third-order valence-electron chi connectivity index (χ3n) is 2.35. The van der Waals surface area contributed by atoms with E-state index in [1.165, 1.54) is 11.3 Å². The number of anilines is 1. The number of carbonyl (C=O) groups is 2. The predicted octanol–water partition coefficient (Wildman–Crippen LogP) is 2.27. The molecule has 0 unspecified atom stereocenters. The molecule has 0 aliphatic heterocycles. The van der Waals surface area contributed by atoms with Gasteiger partial charge in [-0.2, -0.15) is 0 Å². The average Bonchev–Trinajstić information content (AvgIpc) is 3.00. The lowest BCUT2D eigenvalue weighted by Crippen LogP contribution is -2.15. The lowest BCUT2D eigenvalue weighted by atomic mass is 10.3. The topological polar surface area (TPSA) is 55.4 Å². The van der Waals surface area contributed by atoms with Crippen molar-refractivity contribution in [2.24, 2.45) is 5.92 Å². The van der Waals surface area contributed by atoms with Crippen LogP contribution in [0.2, 0.25) is 0 Å². The Hall–Kier alpha value is -1.36. The Morgan fingerprint density at radius 1 is 1.56 bits per heavy atom. The molecule has 0 saturated heterocycles. The van der Waals surface area contributed by atoms with Gasteiger partial charge in [0.15, 0.2) is 0 Å². The maximum atomic E-state index is 11.5. The van der Waals surface area contributed by atoms with Gasteiger partial charge in [-0.3, -0.25) is 4.79 Å². The number of esters is 1. The van der Waals surface area contributed by atoms with E-state index in [4.69, 9.17) is 4.74 Å². The van der Waals surface area contributed by atoms with Crippen LogP contribution in [-0.4, -0.2) is 18.5 Å². The van der Waals surface area contributed by atoms with Crippen LogP contribution < -0.4 is 5.32 Å². The van der Waals surface area contributed by atoms with Gasteiger partial charge in [-0.1, -0.05) is 0 Å². The number of amides is 1. The van der Waals surface area contributed by atoms with E-state index in [0.717, 1.165) is 12.8 Å². The van der Waals surface area contributed by atoms with Crippen molar-refractivity contribution < 1.29 is 14.3 Å². The number of hydrogen-bond acceptors (Lipinski definition) is 4. The summed E-state index contributed by atoms with van der Waals surface area (Å²) in [6, 6.07) is 1.67. The summed E-state index contributed by atoms with van der Waals surface area (Å²) >= 11 is 1.34. The first-order valence-electron chi connectivity index (χ1n) is 5.28. The summed E-state index contributed by atoms with van der Waals surface area (Å²) in [5.74, 6) is -0.236. The number of rotatable bonds is 4. The lowest BCUT2D eigenvalue weighted by molar-refractivity contribution is -0.117. The van der Waals surface area contributed by atoms with Crippen molar-refractivity contribution in [2.75, 3.05) is 11.9 Å². The van der Waals surface area contributed by atoms with Crippen molar-refractivity contribution in [3.63, 3.8) is 0 Å². The van der Waals surface area contributed by atoms with Gasteiger partial charge in [-0.25, -0.2) is 4.79 Å². The third-order valence-corrected chi connectivity index (χ3v) is 3.18. The summed E-state index contributed by atoms with van der Waals surface area (Å²) in [6.07, 6.45) is 1.90. The molecular weight excluding hydrogens is 226 g/mol. The summed E-state index contributed by atoms with van der Waals surface area (Å²) < 4.78 is 4.90. The molecule has 1 aromatic heterocycles. The van der Waals surface area contributed by atoms with Crippen LogP contribution in [0.1, 0.15) is 30.1 Å². The van der Waals surface area contributed by atoms with E-state index < -0.39 is 0 Å². The molecule has 0 bridgehead atoms. The molecule has 0 spiro atoms. The zero-order valence-corrected chi connectivity index (χ0v) is 9.80. The second-order valence-corrected chi connectivity index (χ2v) is 4.56. The Kier molecular flexibility index (Phi) is 3.24. The molecule has 0 atom stereocenters. The molecule has 1 aliphatic rings. The highest BCUT2D eigenvalue weighted by molar-refractivity contribution is 7.14. The van der Waals surface area contributed by atoms with Gasteiger partial charge in [0, 0.05) is 5.92 Å². The summed E-state index contributed by atoms with van der Waals surface area (Å²) in [6.45, 7) is 2.09. The molecule has 1 aromatic rings. The molecule has 0 aromatic carbocycles. The Labute approximate surface area is 97.6 Å². The SMILES string of the molecule is CCOC(=O)c1ccsc1NC(=O)C1CC1. The number of nitrogens with one attached hydrogen (secondary N) is 1. The lowest BCUT2D eigenvalue weighted by Gasteiger charge is -2.04. The standard InChI is InChI=1S/C11H13NO3S/c1-2-15-11(14)8-5-6-16-10(8)12-9(13)7-3-4-7/h5-7H,2-4H2,1H3,(H,12,13). The normalized spacial score (nSPS) is 14.6. The molecule has 1 amide bonds. The minimum absolute atomic E-state index is 0.00741. The Bertz CT molecular complexity index is 409. The van der Waals surface area contributed by atoms with E-state index in [9.17, 15) is 9.59 Å². The minimum Gasteiger partial charge on any atom is -0.462 e. The van der Waals surface area contributed by atoms with Crippen LogP contribution in [0.5, 0.6) is 0 Å². The van der Waals surface area contributed by atoms with Crippen molar-refractivity contribution in [3.8, 4) is 0 Å². The number of thiophene rings is 1. The van der Waals surface area contributed by atoms with Gasteiger partial charge in [0.1, 0.15) is 5.00 Å². The first-order chi connectivity index (χ1) is 7.72. The quantitative estimate of drug-likeness (QED) is 0.820. The zero-order valence-electron chi connectivity index (χ0n) is 8.99. The van der Waals surface area contributed by atoms with Crippen LogP contribution in [0.4, 0.5) is 5.00 Å². The van der Waals surface area contributed by atoms with Crippen LogP contribution in [0.3, 0.4) is 0 Å². The van der Waals surface area contributed by atoms with Crippen LogP contribution >= 0.6 is 11.3 Å². The smallest absolute Gasteiger partial charge is 0.341 e. The highest BCUT2D eigenvalue weighted by Gasteiger charge is 2.30. The first-order valence-corrected chi connectivity index (χ1v) is 6.15. The number of ether oxygens (including phenoxy) is 1. The fraction of sp³-hybridized carbons (Fsp3) is 0.455. The van der Waals surface area contributed by atoms with Gasteiger partial charge in [-0.15, -0.1) is 11.3 Å². The first kappa shape index (κ1) is 11.1. The Balaban J connectivity index is 2.05. The van der Waals surface area contributed by atoms with Crippen LogP contribution in [0.25, 0.3) is 0 Å². The number of hydrogen-bond donors (Lipinski definition) is 1. The molecule has 1 fully saturated rings. The van der Waals surface area contributed by atoms with Crippen LogP contribution in [-0.2, 0) is 9.53 Å². The predicted molar refractivity (Wildman–Crippen MR) is 61.6 cm³/mol. The highest BCUT2D eigenvalue weighted by atomic mass is 32.1. The largest absolute Gasteiger partial charge is 0.462 e. The maximum Gasteiger partial charge on any atom is 0.341 e. The fourth-order valence-corrected chi connectivity index (χ4v) is 2.11. The molecule has 1 saturated carbocycles. The number of carbonyl (C=O) groups excluding carboxylic acids is 2. The molecule has 0 radical (unpaired) electrons. The third kappa shape index (κ3) is 2.41. The fourth-order valence-electron chi connectivity index (χ4n) is 1.34. The highest BCUT2D eigenvalue weighted by Crippen LogP contribution is 2.32. The van der Waals surface area contributed by atoms with Gasteiger partial charge in [0.25, 0.3) is 0 Å². The van der Waals surface area contributed by atoms with Gasteiger partial charge >= 0.3 is 5.97 Å². The van der Waals surface area contributed by atoms with Gasteiger partial charge in [-0.05, 0) is 31.2 Å². The van der Waals surface area contributed by atoms with E-state index in [-0.39, 0.29) is 17.8 Å². The molecule has 16 heavy (non-hydrogen) atoms. The van der Waals surface area contributed by atoms with Crippen molar-refractivity contribution >= 4 is 28.2 Å². The average molecular weight is 239 g/mol. The summed E-state index contributed by atoms with van der Waals surface area (Å²) in [5.41, 5.74) is 0.445. The van der Waals surface area contributed by atoms with Gasteiger partial charge in [0.2, 0.25) is 5.91 Å². The van der Waals surface area contributed by atoms with Gasteiger partial charge < -0.3 is 10.1 Å². The zero-order chi connectivity index (χ0) is 11.5. The molecule has 1 aliphatic carbocycles. The molecule has 5 heteroatoms. The molecule has 86 valence electrons. The summed E-state index contributed by atoms with van der Waals surface area (Å²) in [7, 11) is 0. The molecule has 4 nitrogen and oxygen atoms in total. The minimum atomic E-state index is -0.380. The Morgan fingerprint density at radius 3 is 2.94 bits per heavy atom. The molecule has 2 rings (SSSR count). The second kappa shape index (κ2) is 4.65. The molecular formula is C11H13NO3S. The van der Waals surface area contributed by atoms with E-state index in [2.05, 4.69) is 5.32 Å². The van der Waals surface area contributed by atoms with E-state index in [1.54, 1.807) is 18.4 Å². The Morgan fingerprint density at radius 2 is 2.31 bits per heavy atom. The summed E-state index contributed by atoms with van der Waals surface area (Å²) in [4.78, 5) is 23.1. The molecule has 1 N–H and O–H groups in total. The van der Waals surface area contributed by atoms with Gasteiger partial charge in [0.05, 0.1) is 12.2 Å². The second-order valence-electron chi connectivity index (χ2n) is 3.65. The van der Waals surface area contributed by atoms with Crippen molar-refractivity contribution in [1.82, 2.24) is 0 Å². The van der Waals surface area contributed by atoms with E-state index >= 15 is 0 Å². The van der Waals surface area contributed by atoms with E-state index in [0.29, 0.717) is 17.2 Å². The summed E-state index contributed by atoms with van der Waals surface area (Å²) in [5, 5.41) is 5.14. The van der Waals surface area contributed by atoms with Crippen molar-refractivity contribution in [3.05, 3.63) is 17.0 Å². The van der Waals surface area contributed by atoms with Crippen molar-refractivity contribution in [1.29, 1.82) is 0 Å². The molecule has 1 heterocycles.